The van der Waals surface area contributed by atoms with Gasteiger partial charge in [-0.15, -0.1) is 11.8 Å². The maximum atomic E-state index is 11.9. The number of rotatable bonds is 3. The van der Waals surface area contributed by atoms with Gasteiger partial charge >= 0.3 is 5.69 Å². The Balaban J connectivity index is 2.75. The molecule has 2 rings (SSSR count). The third-order valence-electron chi connectivity index (χ3n) is 2.84. The molecule has 1 aromatic carbocycles. The summed E-state index contributed by atoms with van der Waals surface area (Å²) in [5, 5.41) is 10.1. The highest BCUT2D eigenvalue weighted by Gasteiger charge is 2.13. The summed E-state index contributed by atoms with van der Waals surface area (Å²) in [6.45, 7) is 1.75. The third kappa shape index (κ3) is 2.44. The molecule has 2 N–H and O–H groups in total. The van der Waals surface area contributed by atoms with E-state index in [2.05, 4.69) is 4.98 Å². The lowest BCUT2D eigenvalue weighted by Gasteiger charge is -2.11. The van der Waals surface area contributed by atoms with Crippen LogP contribution in [-0.4, -0.2) is 20.9 Å². The van der Waals surface area contributed by atoms with Crippen LogP contribution in [0.4, 0.5) is 0 Å². The van der Waals surface area contributed by atoms with Crippen molar-refractivity contribution in [2.75, 3.05) is 6.26 Å². The quantitative estimate of drug-likeness (QED) is 0.835. The van der Waals surface area contributed by atoms with Crippen LogP contribution in [0.1, 0.15) is 12.5 Å². The van der Waals surface area contributed by atoms with Crippen molar-refractivity contribution in [2.24, 2.45) is 0 Å². The number of aromatic amines is 1. The summed E-state index contributed by atoms with van der Waals surface area (Å²) in [6.07, 6.45) is 2.27. The highest BCUT2D eigenvalue weighted by molar-refractivity contribution is 7.98. The van der Waals surface area contributed by atoms with Crippen molar-refractivity contribution >= 4 is 11.8 Å². The Bertz CT molecular complexity index is 719. The van der Waals surface area contributed by atoms with Crippen molar-refractivity contribution in [3.63, 3.8) is 0 Å². The van der Waals surface area contributed by atoms with Gasteiger partial charge in [-0.3, -0.25) is 9.78 Å². The number of aromatic hydroxyl groups is 1. The molecule has 0 aliphatic rings. The lowest BCUT2D eigenvalue weighted by Crippen LogP contribution is -2.31. The largest absolute Gasteiger partial charge is 0.494 e. The number of nitrogens with zero attached hydrogens (tertiary/aromatic N) is 1. The van der Waals surface area contributed by atoms with Gasteiger partial charge in [-0.05, 0) is 30.9 Å². The fourth-order valence-electron chi connectivity index (χ4n) is 1.87. The molecule has 19 heavy (non-hydrogen) atoms. The molecule has 0 atom stereocenters. The van der Waals surface area contributed by atoms with Crippen LogP contribution < -0.4 is 11.2 Å². The summed E-state index contributed by atoms with van der Waals surface area (Å²) in [7, 11) is 0. The summed E-state index contributed by atoms with van der Waals surface area (Å²) in [5.41, 5.74) is -0.449. The van der Waals surface area contributed by atoms with Crippen molar-refractivity contribution in [2.45, 2.75) is 18.2 Å². The number of nitrogens with one attached hydrogen (secondary N) is 1. The van der Waals surface area contributed by atoms with Crippen LogP contribution in [0, 0.1) is 0 Å². The number of hydrogen-bond donors (Lipinski definition) is 2. The molecule has 0 saturated heterocycles. The molecule has 0 fully saturated rings. The Morgan fingerprint density at radius 2 is 2.11 bits per heavy atom. The zero-order valence-electron chi connectivity index (χ0n) is 10.6. The van der Waals surface area contributed by atoms with Crippen molar-refractivity contribution in [1.82, 2.24) is 9.55 Å². The van der Waals surface area contributed by atoms with Gasteiger partial charge in [0.1, 0.15) is 0 Å². The highest BCUT2D eigenvalue weighted by atomic mass is 32.2. The molecule has 0 bridgehead atoms. The number of thioether (sulfide) groups is 1. The van der Waals surface area contributed by atoms with Gasteiger partial charge < -0.3 is 5.11 Å². The van der Waals surface area contributed by atoms with E-state index < -0.39 is 11.2 Å². The summed E-state index contributed by atoms with van der Waals surface area (Å²) in [5.74, 6) is -0.297. The Morgan fingerprint density at radius 3 is 2.74 bits per heavy atom. The normalized spacial score (nSPS) is 10.6. The van der Waals surface area contributed by atoms with Crippen LogP contribution in [0.2, 0.25) is 0 Å². The van der Waals surface area contributed by atoms with Gasteiger partial charge in [-0.25, -0.2) is 9.36 Å². The van der Waals surface area contributed by atoms with E-state index in [4.69, 9.17) is 0 Å². The van der Waals surface area contributed by atoms with E-state index in [9.17, 15) is 14.7 Å². The third-order valence-corrected chi connectivity index (χ3v) is 3.57. The van der Waals surface area contributed by atoms with Crippen molar-refractivity contribution < 1.29 is 5.11 Å². The minimum absolute atomic E-state index is 0.203. The molecule has 0 saturated carbocycles. The van der Waals surface area contributed by atoms with Crippen LogP contribution in [0.15, 0.2) is 38.8 Å². The molecule has 0 amide bonds. The van der Waals surface area contributed by atoms with E-state index in [1.54, 1.807) is 25.1 Å². The zero-order valence-corrected chi connectivity index (χ0v) is 11.5. The second-order valence-electron chi connectivity index (χ2n) is 3.95. The minimum atomic E-state index is -0.641. The van der Waals surface area contributed by atoms with Gasteiger partial charge in [0.2, 0.25) is 5.88 Å². The number of H-pyrrole nitrogens is 1. The fraction of sp³-hybridized carbons (Fsp3) is 0.231. The molecule has 5 nitrogen and oxygen atoms in total. The fourth-order valence-corrected chi connectivity index (χ4v) is 2.32. The SMILES string of the molecule is CCc1c(O)n(-c2cccc(SC)c2)c(=O)[nH]c1=O. The topological polar surface area (TPSA) is 75.1 Å². The molecule has 0 unspecified atom stereocenters. The van der Waals surface area contributed by atoms with Crippen LogP contribution in [0.5, 0.6) is 5.88 Å². The predicted molar refractivity (Wildman–Crippen MR) is 75.5 cm³/mol. The molecule has 6 heteroatoms. The molecular weight excluding hydrogens is 264 g/mol. The molecule has 0 aliphatic heterocycles. The lowest BCUT2D eigenvalue weighted by molar-refractivity contribution is 0.423. The first-order valence-corrected chi connectivity index (χ1v) is 7.02. The predicted octanol–water partition coefficient (Wildman–Crippen LogP) is 1.52. The molecule has 0 aliphatic carbocycles. The maximum absolute atomic E-state index is 11.9. The second kappa shape index (κ2) is 5.36. The van der Waals surface area contributed by atoms with Crippen LogP contribution >= 0.6 is 11.8 Å². The molecule has 0 radical (unpaired) electrons. The average Bonchev–Trinajstić information content (AvgIpc) is 2.39. The van der Waals surface area contributed by atoms with Gasteiger partial charge in [-0.1, -0.05) is 13.0 Å². The van der Waals surface area contributed by atoms with Gasteiger partial charge in [0, 0.05) is 4.90 Å². The molecule has 1 heterocycles. The standard InChI is InChI=1S/C13H14N2O3S/c1-3-10-11(16)14-13(18)15(12(10)17)8-5-4-6-9(7-8)19-2/h4-7,17H,3H2,1-2H3,(H,14,16,18). The Morgan fingerprint density at radius 1 is 1.37 bits per heavy atom. The summed E-state index contributed by atoms with van der Waals surface area (Å²) >= 11 is 1.53. The maximum Gasteiger partial charge on any atom is 0.335 e. The molecule has 1 aromatic heterocycles. The number of aromatic nitrogens is 2. The van der Waals surface area contributed by atoms with Crippen LogP contribution in [-0.2, 0) is 6.42 Å². The number of benzene rings is 1. The van der Waals surface area contributed by atoms with Crippen LogP contribution in [0.3, 0.4) is 0 Å². The van der Waals surface area contributed by atoms with Crippen molar-refractivity contribution in [3.8, 4) is 11.6 Å². The Kier molecular flexibility index (Phi) is 3.80. The first-order chi connectivity index (χ1) is 9.08. The molecular formula is C13H14N2O3S. The van der Waals surface area contributed by atoms with Gasteiger partial charge in [0.25, 0.3) is 5.56 Å². The van der Waals surface area contributed by atoms with E-state index in [0.29, 0.717) is 12.1 Å². The smallest absolute Gasteiger partial charge is 0.335 e. The summed E-state index contributed by atoms with van der Waals surface area (Å²) in [4.78, 5) is 26.6. The molecule has 0 spiro atoms. The van der Waals surface area contributed by atoms with E-state index in [1.165, 1.54) is 11.8 Å². The van der Waals surface area contributed by atoms with E-state index in [0.717, 1.165) is 9.46 Å². The van der Waals surface area contributed by atoms with Gasteiger partial charge in [-0.2, -0.15) is 0 Å². The molecule has 100 valence electrons. The summed E-state index contributed by atoms with van der Waals surface area (Å²) < 4.78 is 1.11. The van der Waals surface area contributed by atoms with E-state index >= 15 is 0 Å². The average molecular weight is 278 g/mol. The monoisotopic (exact) mass is 278 g/mol. The lowest BCUT2D eigenvalue weighted by atomic mass is 10.2. The zero-order chi connectivity index (χ0) is 14.0. The number of hydrogen-bond acceptors (Lipinski definition) is 4. The van der Waals surface area contributed by atoms with Crippen molar-refractivity contribution in [3.05, 3.63) is 50.7 Å². The van der Waals surface area contributed by atoms with Gasteiger partial charge in [0.05, 0.1) is 11.3 Å². The van der Waals surface area contributed by atoms with Gasteiger partial charge in [0.15, 0.2) is 0 Å². The Hall–Kier alpha value is -1.95. The van der Waals surface area contributed by atoms with Crippen LogP contribution in [0.25, 0.3) is 5.69 Å². The van der Waals surface area contributed by atoms with Crippen molar-refractivity contribution in [1.29, 1.82) is 0 Å². The van der Waals surface area contributed by atoms with E-state index in [-0.39, 0.29) is 11.4 Å². The summed E-state index contributed by atoms with van der Waals surface area (Å²) in [6, 6.07) is 7.19. The second-order valence-corrected chi connectivity index (χ2v) is 4.83. The highest BCUT2D eigenvalue weighted by Crippen LogP contribution is 2.21. The van der Waals surface area contributed by atoms with E-state index in [1.807, 2.05) is 12.3 Å². The molecule has 2 aromatic rings. The Labute approximate surface area is 113 Å². The first kappa shape index (κ1) is 13.5. The first-order valence-electron chi connectivity index (χ1n) is 5.80. The minimum Gasteiger partial charge on any atom is -0.494 e.